The van der Waals surface area contributed by atoms with Crippen molar-refractivity contribution in [3.8, 4) is 6.07 Å². The number of anilines is 1. The second kappa shape index (κ2) is 9.83. The Bertz CT molecular complexity index is 1270. The van der Waals surface area contributed by atoms with Crippen LogP contribution in [-0.2, 0) is 17.3 Å². The van der Waals surface area contributed by atoms with Crippen LogP contribution in [0.5, 0.6) is 0 Å². The second-order valence-electron chi connectivity index (χ2n) is 8.03. The van der Waals surface area contributed by atoms with Crippen LogP contribution < -0.4 is 10.7 Å². The molecule has 0 bridgehead atoms. The molecule has 0 amide bonds. The average molecular weight is 474 g/mol. The lowest BCUT2D eigenvalue weighted by atomic mass is 9.97. The van der Waals surface area contributed by atoms with E-state index in [1.54, 1.807) is 6.07 Å². The third-order valence-corrected chi connectivity index (χ3v) is 5.85. The molecule has 10 heteroatoms. The standard InChI is InChI=1S/C24H22F4N4O2/c25-20-12-19-21(31-14-16(13-29)23(19)33)18(11-15-1-3-17(4-2-15)24(26,27)28)22(20)30-5-6-32-7-9-34-10-8-32/h1-4,12,14,30H,5-11H2,(H,31,33). The summed E-state index contributed by atoms with van der Waals surface area (Å²) in [5, 5.41) is 12.3. The maximum Gasteiger partial charge on any atom is 0.416 e. The first-order valence-corrected chi connectivity index (χ1v) is 10.7. The number of ether oxygens (including phenoxy) is 1. The van der Waals surface area contributed by atoms with Crippen molar-refractivity contribution in [2.24, 2.45) is 0 Å². The maximum absolute atomic E-state index is 15.2. The van der Waals surface area contributed by atoms with E-state index in [1.807, 2.05) is 0 Å². The Morgan fingerprint density at radius 3 is 2.53 bits per heavy atom. The average Bonchev–Trinajstić information content (AvgIpc) is 2.82. The van der Waals surface area contributed by atoms with Gasteiger partial charge >= 0.3 is 6.18 Å². The number of H-pyrrole nitrogens is 1. The molecule has 3 aromatic rings. The third-order valence-electron chi connectivity index (χ3n) is 5.85. The molecular formula is C24H22F4N4O2. The van der Waals surface area contributed by atoms with Crippen LogP contribution >= 0.6 is 0 Å². The predicted molar refractivity (Wildman–Crippen MR) is 119 cm³/mol. The van der Waals surface area contributed by atoms with E-state index >= 15 is 4.39 Å². The summed E-state index contributed by atoms with van der Waals surface area (Å²) in [4.78, 5) is 17.7. The Morgan fingerprint density at radius 2 is 1.88 bits per heavy atom. The van der Waals surface area contributed by atoms with E-state index in [1.165, 1.54) is 18.3 Å². The number of fused-ring (bicyclic) bond motifs is 1. The minimum atomic E-state index is -4.46. The molecule has 0 saturated carbocycles. The zero-order valence-electron chi connectivity index (χ0n) is 18.1. The van der Waals surface area contributed by atoms with Gasteiger partial charge in [-0.05, 0) is 23.8 Å². The molecule has 2 heterocycles. The fraction of sp³-hybridized carbons (Fsp3) is 0.333. The molecule has 1 aliphatic rings. The number of morpholine rings is 1. The van der Waals surface area contributed by atoms with Crippen LogP contribution in [0, 0.1) is 17.1 Å². The van der Waals surface area contributed by atoms with Crippen molar-refractivity contribution < 1.29 is 22.3 Å². The number of nitriles is 1. The molecule has 0 atom stereocenters. The molecule has 4 rings (SSSR count). The molecule has 0 unspecified atom stereocenters. The summed E-state index contributed by atoms with van der Waals surface area (Å²) in [5.41, 5.74) is -0.125. The normalized spacial score (nSPS) is 14.8. The first-order valence-electron chi connectivity index (χ1n) is 10.7. The Balaban J connectivity index is 1.71. The number of rotatable bonds is 6. The number of alkyl halides is 3. The highest BCUT2D eigenvalue weighted by molar-refractivity contribution is 5.88. The molecule has 1 fully saturated rings. The summed E-state index contributed by atoms with van der Waals surface area (Å²) in [6.07, 6.45) is -3.13. The molecule has 0 aliphatic carbocycles. The molecule has 2 N–H and O–H groups in total. The molecular weight excluding hydrogens is 452 g/mol. The number of aromatic amines is 1. The Hall–Kier alpha value is -3.42. The van der Waals surface area contributed by atoms with Gasteiger partial charge in [0.2, 0.25) is 5.43 Å². The molecule has 0 spiro atoms. The van der Waals surface area contributed by atoms with Crippen molar-refractivity contribution in [2.45, 2.75) is 12.6 Å². The highest BCUT2D eigenvalue weighted by atomic mass is 19.4. The topological polar surface area (TPSA) is 81.2 Å². The van der Waals surface area contributed by atoms with Gasteiger partial charge in [-0.1, -0.05) is 12.1 Å². The molecule has 6 nitrogen and oxygen atoms in total. The van der Waals surface area contributed by atoms with E-state index in [0.717, 1.165) is 31.3 Å². The van der Waals surface area contributed by atoms with Crippen molar-refractivity contribution in [3.05, 3.63) is 74.8 Å². The lowest BCUT2D eigenvalue weighted by Crippen LogP contribution is -2.39. The number of hydrogen-bond donors (Lipinski definition) is 2. The second-order valence-corrected chi connectivity index (χ2v) is 8.03. The van der Waals surface area contributed by atoms with Crippen LogP contribution in [0.3, 0.4) is 0 Å². The number of halogens is 4. The van der Waals surface area contributed by atoms with E-state index in [2.05, 4.69) is 15.2 Å². The minimum Gasteiger partial charge on any atom is -0.381 e. The zero-order valence-corrected chi connectivity index (χ0v) is 18.1. The summed E-state index contributed by atoms with van der Waals surface area (Å²) in [7, 11) is 0. The highest BCUT2D eigenvalue weighted by Gasteiger charge is 2.30. The van der Waals surface area contributed by atoms with Crippen molar-refractivity contribution in [2.75, 3.05) is 44.7 Å². The van der Waals surface area contributed by atoms with Gasteiger partial charge < -0.3 is 15.0 Å². The Morgan fingerprint density at radius 1 is 1.18 bits per heavy atom. The van der Waals surface area contributed by atoms with Crippen LogP contribution in [0.15, 0.2) is 41.3 Å². The zero-order chi connectivity index (χ0) is 24.3. The van der Waals surface area contributed by atoms with Gasteiger partial charge in [0.15, 0.2) is 0 Å². The van der Waals surface area contributed by atoms with Crippen molar-refractivity contribution in [3.63, 3.8) is 0 Å². The van der Waals surface area contributed by atoms with Gasteiger partial charge in [-0.3, -0.25) is 9.69 Å². The van der Waals surface area contributed by atoms with Crippen molar-refractivity contribution in [1.29, 1.82) is 5.26 Å². The molecule has 34 heavy (non-hydrogen) atoms. The van der Waals surface area contributed by atoms with Gasteiger partial charge in [-0.25, -0.2) is 4.39 Å². The van der Waals surface area contributed by atoms with E-state index in [0.29, 0.717) is 42.9 Å². The molecule has 1 aromatic heterocycles. The van der Waals surface area contributed by atoms with Gasteiger partial charge in [0, 0.05) is 44.4 Å². The third kappa shape index (κ3) is 5.05. The van der Waals surface area contributed by atoms with Crippen LogP contribution in [-0.4, -0.2) is 49.3 Å². The number of benzene rings is 2. The first kappa shape index (κ1) is 23.7. The number of nitrogens with one attached hydrogen (secondary N) is 2. The minimum absolute atomic E-state index is 0.0113. The number of pyridine rings is 1. The Labute approximate surface area is 192 Å². The maximum atomic E-state index is 15.2. The van der Waals surface area contributed by atoms with Crippen LogP contribution in [0.1, 0.15) is 22.3 Å². The number of hydrogen-bond acceptors (Lipinski definition) is 5. The SMILES string of the molecule is N#Cc1c[nH]c2c(Cc3ccc(C(F)(F)F)cc3)c(NCCN3CCOCC3)c(F)cc2c1=O. The largest absolute Gasteiger partial charge is 0.416 e. The molecule has 1 saturated heterocycles. The Kier molecular flexibility index (Phi) is 6.86. The fourth-order valence-corrected chi connectivity index (χ4v) is 4.03. The van der Waals surface area contributed by atoms with E-state index in [-0.39, 0.29) is 23.1 Å². The summed E-state index contributed by atoms with van der Waals surface area (Å²) in [6, 6.07) is 7.47. The molecule has 2 aromatic carbocycles. The van der Waals surface area contributed by atoms with Gasteiger partial charge in [0.05, 0.1) is 35.4 Å². The van der Waals surface area contributed by atoms with E-state index < -0.39 is 23.0 Å². The van der Waals surface area contributed by atoms with Crippen LogP contribution in [0.25, 0.3) is 10.9 Å². The summed E-state index contributed by atoms with van der Waals surface area (Å²) < 4.78 is 59.4. The predicted octanol–water partition coefficient (Wildman–Crippen LogP) is 3.89. The van der Waals surface area contributed by atoms with Crippen molar-refractivity contribution in [1.82, 2.24) is 9.88 Å². The van der Waals surface area contributed by atoms with E-state index in [4.69, 9.17) is 10.00 Å². The van der Waals surface area contributed by atoms with E-state index in [9.17, 15) is 18.0 Å². The van der Waals surface area contributed by atoms with Gasteiger partial charge in [0.1, 0.15) is 17.4 Å². The first-order chi connectivity index (χ1) is 16.3. The van der Waals surface area contributed by atoms with Crippen LogP contribution in [0.4, 0.5) is 23.2 Å². The lowest BCUT2D eigenvalue weighted by molar-refractivity contribution is -0.137. The molecule has 1 aliphatic heterocycles. The van der Waals surface area contributed by atoms with Gasteiger partial charge in [-0.15, -0.1) is 0 Å². The summed E-state index contributed by atoms with van der Waals surface area (Å²) in [5.74, 6) is -0.669. The van der Waals surface area contributed by atoms with Crippen molar-refractivity contribution >= 4 is 16.6 Å². The lowest BCUT2D eigenvalue weighted by Gasteiger charge is -2.27. The number of aromatic nitrogens is 1. The van der Waals surface area contributed by atoms with Crippen LogP contribution in [0.2, 0.25) is 0 Å². The smallest absolute Gasteiger partial charge is 0.381 e. The number of nitrogens with zero attached hydrogens (tertiary/aromatic N) is 2. The quantitative estimate of drug-likeness (QED) is 0.530. The summed E-state index contributed by atoms with van der Waals surface area (Å²) in [6.45, 7) is 3.86. The summed E-state index contributed by atoms with van der Waals surface area (Å²) >= 11 is 0. The highest BCUT2D eigenvalue weighted by Crippen LogP contribution is 2.32. The van der Waals surface area contributed by atoms with Gasteiger partial charge in [0.25, 0.3) is 0 Å². The molecule has 178 valence electrons. The molecule has 0 radical (unpaired) electrons. The fourth-order valence-electron chi connectivity index (χ4n) is 4.03. The van der Waals surface area contributed by atoms with Gasteiger partial charge in [-0.2, -0.15) is 18.4 Å². The monoisotopic (exact) mass is 474 g/mol.